The van der Waals surface area contributed by atoms with Crippen LogP contribution < -0.4 is 15.6 Å². The number of hydrogen-bond donors (Lipinski definition) is 0. The molecule has 1 aliphatic rings. The van der Waals surface area contributed by atoms with Crippen LogP contribution in [0.1, 0.15) is 12.0 Å². The maximum Gasteiger partial charge on any atom is 0.315 e. The van der Waals surface area contributed by atoms with E-state index < -0.39 is 13.5 Å². The van der Waals surface area contributed by atoms with Gasteiger partial charge < -0.3 is 4.74 Å². The van der Waals surface area contributed by atoms with Gasteiger partial charge in [-0.2, -0.15) is 0 Å². The molecule has 1 fully saturated rings. The lowest BCUT2D eigenvalue weighted by Crippen LogP contribution is -2.68. The third-order valence-corrected chi connectivity index (χ3v) is 12.6. The van der Waals surface area contributed by atoms with E-state index in [1.807, 2.05) is 18.2 Å². The summed E-state index contributed by atoms with van der Waals surface area (Å²) in [4.78, 5) is 13.4. The number of benzene rings is 4. The minimum atomic E-state index is -2.59. The van der Waals surface area contributed by atoms with Gasteiger partial charge in [0.05, 0.1) is 12.5 Å². The molecule has 1 aliphatic carbocycles. The molecule has 0 amide bonds. The molecule has 2 atom stereocenters. The van der Waals surface area contributed by atoms with Crippen LogP contribution in [0.25, 0.3) is 6.08 Å². The molecule has 0 unspecified atom stereocenters. The Labute approximate surface area is 202 Å². The average molecular weight is 461 g/mol. The van der Waals surface area contributed by atoms with Crippen molar-refractivity contribution in [1.82, 2.24) is 0 Å². The Balaban J connectivity index is 1.74. The van der Waals surface area contributed by atoms with Gasteiger partial charge in [-0.1, -0.05) is 133 Å². The van der Waals surface area contributed by atoms with Gasteiger partial charge in [-0.25, -0.2) is 0 Å². The van der Waals surface area contributed by atoms with Crippen molar-refractivity contribution in [3.63, 3.8) is 0 Å². The molecule has 0 bridgehead atoms. The summed E-state index contributed by atoms with van der Waals surface area (Å²) in [5.41, 5.74) is 0.570. The van der Waals surface area contributed by atoms with Crippen LogP contribution in [0.4, 0.5) is 0 Å². The number of carbonyl (C=O) groups is 1. The van der Waals surface area contributed by atoms with E-state index in [1.165, 1.54) is 22.7 Å². The van der Waals surface area contributed by atoms with Crippen molar-refractivity contribution in [3.05, 3.63) is 133 Å². The van der Waals surface area contributed by atoms with Gasteiger partial charge in [0.25, 0.3) is 0 Å². The van der Waals surface area contributed by atoms with E-state index in [0.717, 1.165) is 12.0 Å². The molecule has 2 nitrogen and oxygen atoms in total. The van der Waals surface area contributed by atoms with Crippen LogP contribution in [0.5, 0.6) is 0 Å². The van der Waals surface area contributed by atoms with Crippen LogP contribution in [0.3, 0.4) is 0 Å². The van der Waals surface area contributed by atoms with Gasteiger partial charge >= 0.3 is 5.97 Å². The standard InChI is InChI=1S/C31H28O2Si/c1-33-30(32)31(23-22-25-14-6-2-7-15-25)24-29(31)34(26-16-8-3-9-17-26,27-18-10-4-11-19-27)28-20-12-5-13-21-28/h2-23,29H,24H2,1H3/b23-22+/t29-,31-/m0/s1. The normalized spacial score (nSPS) is 19.6. The molecule has 4 aromatic carbocycles. The van der Waals surface area contributed by atoms with Crippen molar-refractivity contribution in [2.75, 3.05) is 7.11 Å². The lowest BCUT2D eigenvalue weighted by molar-refractivity contribution is -0.145. The third-order valence-electron chi connectivity index (χ3n) is 7.15. The first-order valence-corrected chi connectivity index (χ1v) is 13.8. The van der Waals surface area contributed by atoms with E-state index in [1.54, 1.807) is 0 Å². The summed E-state index contributed by atoms with van der Waals surface area (Å²) in [5, 5.41) is 3.95. The Morgan fingerprint density at radius 2 is 1.15 bits per heavy atom. The van der Waals surface area contributed by atoms with Crippen LogP contribution in [0.15, 0.2) is 127 Å². The number of methoxy groups -OCH3 is 1. The van der Waals surface area contributed by atoms with Gasteiger partial charge in [0, 0.05) is 0 Å². The second kappa shape index (κ2) is 9.28. The largest absolute Gasteiger partial charge is 0.468 e. The molecular formula is C31H28O2Si. The van der Waals surface area contributed by atoms with E-state index in [-0.39, 0.29) is 11.5 Å². The van der Waals surface area contributed by atoms with E-state index in [2.05, 4.69) is 115 Å². The van der Waals surface area contributed by atoms with Crippen molar-refractivity contribution in [2.45, 2.75) is 12.0 Å². The van der Waals surface area contributed by atoms with Gasteiger partial charge in [-0.05, 0) is 33.1 Å². The smallest absolute Gasteiger partial charge is 0.315 e. The third kappa shape index (κ3) is 3.72. The fourth-order valence-electron chi connectivity index (χ4n) is 5.50. The summed E-state index contributed by atoms with van der Waals surface area (Å²) in [5.74, 6) is -0.149. The van der Waals surface area contributed by atoms with E-state index >= 15 is 0 Å². The van der Waals surface area contributed by atoms with Crippen LogP contribution in [-0.2, 0) is 9.53 Å². The molecule has 0 spiro atoms. The Hall–Kier alpha value is -3.69. The van der Waals surface area contributed by atoms with Gasteiger partial charge in [-0.15, -0.1) is 0 Å². The Morgan fingerprint density at radius 1 is 0.735 bits per heavy atom. The minimum absolute atomic E-state index is 0.139. The first-order valence-electron chi connectivity index (χ1n) is 11.7. The number of carbonyl (C=O) groups excluding carboxylic acids is 1. The SMILES string of the molecule is COC(=O)[C@@]1(/C=C/c2ccccc2)C[C@@H]1[Si](c1ccccc1)(c1ccccc1)c1ccccc1. The monoisotopic (exact) mass is 460 g/mol. The summed E-state index contributed by atoms with van der Waals surface area (Å²) in [6.07, 6.45) is 4.96. The number of rotatable bonds is 7. The molecule has 0 aromatic heterocycles. The van der Waals surface area contributed by atoms with E-state index in [0.29, 0.717) is 0 Å². The summed E-state index contributed by atoms with van der Waals surface area (Å²) >= 11 is 0. The van der Waals surface area contributed by atoms with Gasteiger partial charge in [-0.3, -0.25) is 4.79 Å². The van der Waals surface area contributed by atoms with Crippen LogP contribution in [0.2, 0.25) is 5.54 Å². The van der Waals surface area contributed by atoms with E-state index in [9.17, 15) is 4.79 Å². The molecule has 0 aliphatic heterocycles. The molecule has 0 heterocycles. The Bertz CT molecular complexity index is 1170. The van der Waals surface area contributed by atoms with Crippen molar-refractivity contribution in [2.24, 2.45) is 5.41 Å². The summed E-state index contributed by atoms with van der Waals surface area (Å²) in [6, 6.07) is 42.5. The molecule has 1 saturated carbocycles. The maximum atomic E-state index is 13.4. The predicted molar refractivity (Wildman–Crippen MR) is 142 cm³/mol. The van der Waals surface area contributed by atoms with Crippen molar-refractivity contribution < 1.29 is 9.53 Å². The Kier molecular flexibility index (Phi) is 6.04. The Morgan fingerprint density at radius 3 is 1.56 bits per heavy atom. The average Bonchev–Trinajstić information content (AvgIpc) is 3.66. The molecule has 5 rings (SSSR count). The van der Waals surface area contributed by atoms with Gasteiger partial charge in [0.1, 0.15) is 0 Å². The highest BCUT2D eigenvalue weighted by Crippen LogP contribution is 2.64. The topological polar surface area (TPSA) is 26.3 Å². The first kappa shape index (κ1) is 22.1. The zero-order valence-electron chi connectivity index (χ0n) is 19.3. The molecule has 0 N–H and O–H groups in total. The van der Waals surface area contributed by atoms with Gasteiger partial charge in [0.2, 0.25) is 0 Å². The van der Waals surface area contributed by atoms with E-state index in [4.69, 9.17) is 4.74 Å². The summed E-state index contributed by atoms with van der Waals surface area (Å²) in [6.45, 7) is 0. The number of esters is 1. The van der Waals surface area contributed by atoms with Crippen LogP contribution in [0, 0.1) is 5.41 Å². The number of ether oxygens (including phenoxy) is 1. The molecule has 4 aromatic rings. The summed E-state index contributed by atoms with van der Waals surface area (Å²) in [7, 11) is -1.09. The highest BCUT2D eigenvalue weighted by molar-refractivity contribution is 7.13. The van der Waals surface area contributed by atoms with Crippen LogP contribution in [-0.4, -0.2) is 21.2 Å². The second-order valence-corrected chi connectivity index (χ2v) is 13.0. The quantitative estimate of drug-likeness (QED) is 0.225. The molecule has 0 radical (unpaired) electrons. The minimum Gasteiger partial charge on any atom is -0.468 e. The molecule has 168 valence electrons. The molecule has 0 saturated heterocycles. The lowest BCUT2D eigenvalue weighted by Gasteiger charge is -2.35. The second-order valence-electron chi connectivity index (χ2n) is 8.94. The number of hydrogen-bond acceptors (Lipinski definition) is 2. The molecule has 3 heteroatoms. The van der Waals surface area contributed by atoms with Crippen molar-refractivity contribution >= 4 is 35.7 Å². The molecule has 34 heavy (non-hydrogen) atoms. The predicted octanol–water partition coefficient (Wildman–Crippen LogP) is 4.80. The lowest BCUT2D eigenvalue weighted by atomic mass is 10.1. The fraction of sp³-hybridized carbons (Fsp3) is 0.129. The maximum absolute atomic E-state index is 13.4. The fourth-order valence-corrected chi connectivity index (χ4v) is 11.5. The van der Waals surface area contributed by atoms with Crippen molar-refractivity contribution in [1.29, 1.82) is 0 Å². The van der Waals surface area contributed by atoms with Gasteiger partial charge in [0.15, 0.2) is 8.07 Å². The highest BCUT2D eigenvalue weighted by atomic mass is 28.3. The highest BCUT2D eigenvalue weighted by Gasteiger charge is 2.69. The summed E-state index contributed by atoms with van der Waals surface area (Å²) < 4.78 is 5.43. The first-order chi connectivity index (χ1) is 16.7. The molecular weight excluding hydrogens is 432 g/mol. The van der Waals surface area contributed by atoms with Crippen molar-refractivity contribution in [3.8, 4) is 0 Å². The zero-order valence-corrected chi connectivity index (χ0v) is 20.3. The zero-order chi connectivity index (χ0) is 23.4. The van der Waals surface area contributed by atoms with Crippen LogP contribution >= 0.6 is 0 Å².